The highest BCUT2D eigenvalue weighted by Gasteiger charge is 1.83. The summed E-state index contributed by atoms with van der Waals surface area (Å²) in [5, 5.41) is 8.25. The molecule has 0 unspecified atom stereocenters. The lowest BCUT2D eigenvalue weighted by Crippen LogP contribution is -2.08. The topological polar surface area (TPSA) is 27.6 Å². The van der Waals surface area contributed by atoms with Gasteiger partial charge in [0.15, 0.2) is 0 Å². The highest BCUT2D eigenvalue weighted by atomic mass is 15.4. The molecule has 52 valence electrons. The van der Waals surface area contributed by atoms with Gasteiger partial charge < -0.3 is 5.32 Å². The lowest BCUT2D eigenvalue weighted by atomic mass is 10.5. The van der Waals surface area contributed by atoms with Crippen LogP contribution in [0.4, 0.5) is 0 Å². The van der Waals surface area contributed by atoms with Crippen molar-refractivity contribution in [3.8, 4) is 0 Å². The van der Waals surface area contributed by atoms with Gasteiger partial charge in [0.05, 0.1) is 0 Å². The number of hydrazone groups is 1. The van der Waals surface area contributed by atoms with E-state index in [2.05, 4.69) is 17.1 Å². The normalized spacial score (nSPS) is 10.8. The maximum atomic E-state index is 3.64. The monoisotopic (exact) mass is 127 g/mol. The second kappa shape index (κ2) is 3.95. The Balaban J connectivity index is 3.78. The van der Waals surface area contributed by atoms with Crippen molar-refractivity contribution >= 4 is 6.72 Å². The van der Waals surface area contributed by atoms with Gasteiger partial charge in [-0.25, -0.2) is 0 Å². The van der Waals surface area contributed by atoms with Crippen LogP contribution in [0.1, 0.15) is 6.92 Å². The van der Waals surface area contributed by atoms with Gasteiger partial charge in [0, 0.05) is 32.7 Å². The Labute approximate surface area is 56.0 Å². The first-order valence-corrected chi connectivity index (χ1v) is 2.76. The number of hydrogen-bond acceptors (Lipinski definition) is 3. The van der Waals surface area contributed by atoms with Gasteiger partial charge in [-0.2, -0.15) is 5.10 Å². The predicted octanol–water partition coefficient (Wildman–Crippen LogP) is 0.615. The number of allylic oxidation sites excluding steroid dienone is 1. The van der Waals surface area contributed by atoms with Gasteiger partial charge >= 0.3 is 0 Å². The summed E-state index contributed by atoms with van der Waals surface area (Å²) in [5.74, 6) is 0. The molecule has 0 spiro atoms. The zero-order chi connectivity index (χ0) is 7.28. The maximum absolute atomic E-state index is 3.64. The van der Waals surface area contributed by atoms with E-state index in [1.165, 1.54) is 0 Å². The molecule has 0 saturated heterocycles. The lowest BCUT2D eigenvalue weighted by molar-refractivity contribution is 0.487. The molecule has 0 amide bonds. The van der Waals surface area contributed by atoms with Crippen LogP contribution in [0.5, 0.6) is 0 Å². The fraction of sp³-hybridized carbons (Fsp3) is 0.500. The van der Waals surface area contributed by atoms with Gasteiger partial charge in [0.25, 0.3) is 0 Å². The average Bonchev–Trinajstić information content (AvgIpc) is 1.87. The standard InChI is InChI=1S/C6H13N3/c1-6(7-2)5-9(4)8-3/h5,7H,3H2,1-2,4H3/b6-5-. The van der Waals surface area contributed by atoms with Crippen LogP contribution in [0.15, 0.2) is 17.0 Å². The van der Waals surface area contributed by atoms with Crippen molar-refractivity contribution in [3.05, 3.63) is 11.9 Å². The number of nitrogens with one attached hydrogen (secondary N) is 1. The minimum absolute atomic E-state index is 1.06. The summed E-state index contributed by atoms with van der Waals surface area (Å²) >= 11 is 0. The zero-order valence-corrected chi connectivity index (χ0v) is 6.18. The van der Waals surface area contributed by atoms with Crippen molar-refractivity contribution in [3.63, 3.8) is 0 Å². The summed E-state index contributed by atoms with van der Waals surface area (Å²) in [7, 11) is 3.69. The Kier molecular flexibility index (Phi) is 3.51. The van der Waals surface area contributed by atoms with Crippen molar-refractivity contribution in [2.75, 3.05) is 14.1 Å². The first kappa shape index (κ1) is 8.01. The molecular formula is C6H13N3. The van der Waals surface area contributed by atoms with E-state index < -0.39 is 0 Å². The first-order chi connectivity index (χ1) is 4.20. The highest BCUT2D eigenvalue weighted by molar-refractivity contribution is 5.22. The molecule has 0 atom stereocenters. The summed E-state index contributed by atoms with van der Waals surface area (Å²) < 4.78 is 0. The number of rotatable bonds is 3. The molecule has 3 heteroatoms. The molecule has 0 aliphatic carbocycles. The third-order valence-electron chi connectivity index (χ3n) is 0.998. The summed E-state index contributed by atoms with van der Waals surface area (Å²) in [6.07, 6.45) is 1.85. The predicted molar refractivity (Wildman–Crippen MR) is 40.1 cm³/mol. The van der Waals surface area contributed by atoms with E-state index in [4.69, 9.17) is 0 Å². The van der Waals surface area contributed by atoms with E-state index in [0.717, 1.165) is 5.70 Å². The van der Waals surface area contributed by atoms with Crippen LogP contribution < -0.4 is 5.32 Å². The second-order valence-corrected chi connectivity index (χ2v) is 1.78. The molecule has 0 aliphatic rings. The van der Waals surface area contributed by atoms with Crippen molar-refractivity contribution in [1.29, 1.82) is 0 Å². The molecule has 1 N–H and O–H groups in total. The van der Waals surface area contributed by atoms with Gasteiger partial charge in [-0.05, 0) is 6.92 Å². The molecule has 0 saturated carbocycles. The minimum atomic E-state index is 1.06. The smallest absolute Gasteiger partial charge is 0.0415 e. The van der Waals surface area contributed by atoms with E-state index >= 15 is 0 Å². The van der Waals surface area contributed by atoms with Crippen LogP contribution in [0.3, 0.4) is 0 Å². The van der Waals surface area contributed by atoms with E-state index in [1.54, 1.807) is 5.01 Å². The number of nitrogens with zero attached hydrogens (tertiary/aromatic N) is 2. The van der Waals surface area contributed by atoms with Gasteiger partial charge in [-0.1, -0.05) is 0 Å². The lowest BCUT2D eigenvalue weighted by Gasteiger charge is -2.06. The Hall–Kier alpha value is -0.990. The molecule has 0 radical (unpaired) electrons. The third kappa shape index (κ3) is 3.58. The van der Waals surface area contributed by atoms with Crippen molar-refractivity contribution in [1.82, 2.24) is 10.3 Å². The quantitative estimate of drug-likeness (QED) is 0.444. The minimum Gasteiger partial charge on any atom is -0.390 e. The summed E-state index contributed by atoms with van der Waals surface area (Å²) in [5.41, 5.74) is 1.06. The fourth-order valence-corrected chi connectivity index (χ4v) is 0.386. The van der Waals surface area contributed by atoms with E-state index in [0.29, 0.717) is 0 Å². The van der Waals surface area contributed by atoms with Gasteiger partial charge in [0.1, 0.15) is 0 Å². The molecule has 0 bridgehead atoms. The molecule has 0 aliphatic heterocycles. The third-order valence-corrected chi connectivity index (χ3v) is 0.998. The van der Waals surface area contributed by atoms with E-state index in [-0.39, 0.29) is 0 Å². The van der Waals surface area contributed by atoms with Crippen LogP contribution in [0, 0.1) is 0 Å². The molecule has 9 heavy (non-hydrogen) atoms. The second-order valence-electron chi connectivity index (χ2n) is 1.78. The highest BCUT2D eigenvalue weighted by Crippen LogP contribution is 1.88. The summed E-state index contributed by atoms with van der Waals surface area (Å²) in [6.45, 7) is 5.31. The fourth-order valence-electron chi connectivity index (χ4n) is 0.386. The Bertz CT molecular complexity index is 117. The van der Waals surface area contributed by atoms with Gasteiger partial charge in [0.2, 0.25) is 0 Å². The van der Waals surface area contributed by atoms with Crippen molar-refractivity contribution in [2.24, 2.45) is 5.10 Å². The summed E-state index contributed by atoms with van der Waals surface area (Å²) in [6, 6.07) is 0. The molecule has 0 fully saturated rings. The largest absolute Gasteiger partial charge is 0.390 e. The maximum Gasteiger partial charge on any atom is 0.0415 e. The molecule has 0 heterocycles. The van der Waals surface area contributed by atoms with Gasteiger partial charge in [-0.15, -0.1) is 0 Å². The first-order valence-electron chi connectivity index (χ1n) is 2.76. The Morgan fingerprint density at radius 1 is 1.78 bits per heavy atom. The average molecular weight is 127 g/mol. The Morgan fingerprint density at radius 2 is 2.33 bits per heavy atom. The summed E-state index contributed by atoms with van der Waals surface area (Å²) in [4.78, 5) is 0. The van der Waals surface area contributed by atoms with Crippen LogP contribution in [0.2, 0.25) is 0 Å². The Morgan fingerprint density at radius 3 is 2.67 bits per heavy atom. The molecule has 3 nitrogen and oxygen atoms in total. The van der Waals surface area contributed by atoms with E-state index in [1.807, 2.05) is 27.2 Å². The van der Waals surface area contributed by atoms with Crippen LogP contribution in [0.25, 0.3) is 0 Å². The molecule has 0 aromatic rings. The molecule has 0 aromatic heterocycles. The van der Waals surface area contributed by atoms with Crippen molar-refractivity contribution < 1.29 is 0 Å². The van der Waals surface area contributed by atoms with Crippen LogP contribution in [-0.4, -0.2) is 25.8 Å². The van der Waals surface area contributed by atoms with E-state index in [9.17, 15) is 0 Å². The van der Waals surface area contributed by atoms with Crippen LogP contribution in [-0.2, 0) is 0 Å². The SMILES string of the molecule is C=NN(C)/C=C(/C)NC. The number of hydrogen-bond donors (Lipinski definition) is 1. The molecule has 0 rings (SSSR count). The zero-order valence-electron chi connectivity index (χ0n) is 6.18. The van der Waals surface area contributed by atoms with Gasteiger partial charge in [-0.3, -0.25) is 5.01 Å². The van der Waals surface area contributed by atoms with Crippen molar-refractivity contribution in [2.45, 2.75) is 6.92 Å². The molecule has 0 aromatic carbocycles. The molecular weight excluding hydrogens is 114 g/mol. The van der Waals surface area contributed by atoms with Crippen LogP contribution >= 0.6 is 0 Å².